The number of nitrogens with zero attached hydrogens (tertiary/aromatic N) is 2. The smallest absolute Gasteiger partial charge is 0.337 e. The zero-order chi connectivity index (χ0) is 26.2. The first-order valence-electron chi connectivity index (χ1n) is 13.0. The van der Waals surface area contributed by atoms with Crippen LogP contribution in [0.25, 0.3) is 11.1 Å². The van der Waals surface area contributed by atoms with Crippen LogP contribution in [-0.4, -0.2) is 61.2 Å². The third-order valence-electron chi connectivity index (χ3n) is 6.75. The largest absolute Gasteiger partial charge is 0.493 e. The number of amides is 1. The molecule has 1 aliphatic rings. The number of benzene rings is 3. The SMILES string of the molecule is CCCCOc1ccc(N2CCN(CC)CC2)cc1C(=O)Nc1cc(-c2ccccc2)ccc1C(=O)O. The van der Waals surface area contributed by atoms with Crippen molar-refractivity contribution >= 4 is 23.3 Å². The monoisotopic (exact) mass is 501 g/mol. The van der Waals surface area contributed by atoms with Gasteiger partial charge < -0.3 is 25.0 Å². The Hall–Kier alpha value is -3.84. The lowest BCUT2D eigenvalue weighted by Gasteiger charge is -2.35. The van der Waals surface area contributed by atoms with E-state index in [0.29, 0.717) is 17.9 Å². The fourth-order valence-electron chi connectivity index (χ4n) is 4.50. The van der Waals surface area contributed by atoms with Crippen molar-refractivity contribution in [3.8, 4) is 16.9 Å². The maximum atomic E-state index is 13.6. The third-order valence-corrected chi connectivity index (χ3v) is 6.75. The van der Waals surface area contributed by atoms with Crippen LogP contribution >= 0.6 is 0 Å². The van der Waals surface area contributed by atoms with Gasteiger partial charge in [0.1, 0.15) is 5.75 Å². The van der Waals surface area contributed by atoms with E-state index in [-0.39, 0.29) is 11.3 Å². The third kappa shape index (κ3) is 6.49. The molecule has 0 atom stereocenters. The molecule has 7 heteroatoms. The molecule has 0 aliphatic carbocycles. The van der Waals surface area contributed by atoms with Gasteiger partial charge in [-0.2, -0.15) is 0 Å². The van der Waals surface area contributed by atoms with Crippen LogP contribution < -0.4 is 15.0 Å². The molecule has 37 heavy (non-hydrogen) atoms. The van der Waals surface area contributed by atoms with Gasteiger partial charge in [0, 0.05) is 31.9 Å². The number of rotatable bonds is 10. The molecule has 0 radical (unpaired) electrons. The summed E-state index contributed by atoms with van der Waals surface area (Å²) in [5, 5.41) is 12.6. The summed E-state index contributed by atoms with van der Waals surface area (Å²) in [6, 6.07) is 20.4. The van der Waals surface area contributed by atoms with Gasteiger partial charge >= 0.3 is 5.97 Å². The molecule has 0 saturated carbocycles. The van der Waals surface area contributed by atoms with Crippen LogP contribution in [0, 0.1) is 0 Å². The van der Waals surface area contributed by atoms with Crippen LogP contribution in [0.1, 0.15) is 47.4 Å². The number of ether oxygens (including phenoxy) is 1. The van der Waals surface area contributed by atoms with E-state index in [4.69, 9.17) is 4.74 Å². The molecule has 0 spiro atoms. The molecule has 1 fully saturated rings. The summed E-state index contributed by atoms with van der Waals surface area (Å²) in [6.07, 6.45) is 1.86. The Morgan fingerprint density at radius 1 is 0.892 bits per heavy atom. The standard InChI is InChI=1S/C30H35N3O4/c1-3-5-19-37-28-14-12-24(33-17-15-32(4-2)16-18-33)21-26(28)29(34)31-27-20-23(11-13-25(27)30(35)36)22-9-7-6-8-10-22/h6-14,20-21H,3-5,15-19H2,1-2H3,(H,31,34)(H,35,36). The summed E-state index contributed by atoms with van der Waals surface area (Å²) in [7, 11) is 0. The van der Waals surface area contributed by atoms with E-state index < -0.39 is 11.9 Å². The average molecular weight is 502 g/mol. The molecule has 194 valence electrons. The Bertz CT molecular complexity index is 1220. The number of carbonyl (C=O) groups is 2. The van der Waals surface area contributed by atoms with E-state index >= 15 is 0 Å². The number of piperazine rings is 1. The van der Waals surface area contributed by atoms with Gasteiger partial charge in [0.25, 0.3) is 5.91 Å². The lowest BCUT2D eigenvalue weighted by Crippen LogP contribution is -2.46. The molecule has 0 bridgehead atoms. The van der Waals surface area contributed by atoms with E-state index in [1.807, 2.05) is 48.5 Å². The Kier molecular flexibility index (Phi) is 8.80. The normalized spacial score (nSPS) is 13.8. The summed E-state index contributed by atoms with van der Waals surface area (Å²) in [4.78, 5) is 30.2. The van der Waals surface area contributed by atoms with Crippen LogP contribution in [0.2, 0.25) is 0 Å². The molecule has 4 rings (SSSR count). The molecular formula is C30H35N3O4. The van der Waals surface area contributed by atoms with Crippen LogP contribution in [0.5, 0.6) is 5.75 Å². The number of unbranched alkanes of at least 4 members (excludes halogenated alkanes) is 1. The molecule has 0 aromatic heterocycles. The van der Waals surface area contributed by atoms with Crippen molar-refractivity contribution in [1.29, 1.82) is 0 Å². The van der Waals surface area contributed by atoms with E-state index in [9.17, 15) is 14.7 Å². The molecule has 1 amide bonds. The number of carboxylic acid groups (broad SMARTS) is 1. The highest BCUT2D eigenvalue weighted by molar-refractivity contribution is 6.10. The minimum atomic E-state index is -1.10. The van der Waals surface area contributed by atoms with Crippen molar-refractivity contribution in [1.82, 2.24) is 4.90 Å². The molecule has 3 aromatic carbocycles. The predicted molar refractivity (Wildman–Crippen MR) is 148 cm³/mol. The number of aromatic carboxylic acids is 1. The molecule has 7 nitrogen and oxygen atoms in total. The summed E-state index contributed by atoms with van der Waals surface area (Å²) in [5.74, 6) is -0.997. The average Bonchev–Trinajstić information content (AvgIpc) is 2.93. The number of nitrogens with one attached hydrogen (secondary N) is 1. The molecule has 3 aromatic rings. The Morgan fingerprint density at radius 2 is 1.65 bits per heavy atom. The van der Waals surface area contributed by atoms with Gasteiger partial charge in [0.2, 0.25) is 0 Å². The van der Waals surface area contributed by atoms with Gasteiger partial charge in [-0.3, -0.25) is 4.79 Å². The zero-order valence-electron chi connectivity index (χ0n) is 21.6. The van der Waals surface area contributed by atoms with Gasteiger partial charge in [0.05, 0.1) is 23.4 Å². The highest BCUT2D eigenvalue weighted by Gasteiger charge is 2.21. The van der Waals surface area contributed by atoms with Gasteiger partial charge in [-0.1, -0.05) is 56.7 Å². The van der Waals surface area contributed by atoms with E-state index in [0.717, 1.165) is 62.4 Å². The molecule has 0 unspecified atom stereocenters. The summed E-state index contributed by atoms with van der Waals surface area (Å²) >= 11 is 0. The second-order valence-electron chi connectivity index (χ2n) is 9.19. The van der Waals surface area contributed by atoms with Gasteiger partial charge in [-0.15, -0.1) is 0 Å². The number of likely N-dealkylation sites (N-methyl/N-ethyl adjacent to an activating group) is 1. The van der Waals surface area contributed by atoms with Gasteiger partial charge in [-0.25, -0.2) is 4.79 Å². The second kappa shape index (κ2) is 12.4. The number of hydrogen-bond donors (Lipinski definition) is 2. The van der Waals surface area contributed by atoms with Crippen molar-refractivity contribution in [2.45, 2.75) is 26.7 Å². The Balaban J connectivity index is 1.65. The highest BCUT2D eigenvalue weighted by atomic mass is 16.5. The van der Waals surface area contributed by atoms with E-state index in [2.05, 4.69) is 29.0 Å². The number of hydrogen-bond acceptors (Lipinski definition) is 5. The fourth-order valence-corrected chi connectivity index (χ4v) is 4.50. The predicted octanol–water partition coefficient (Wildman–Crippen LogP) is 5.62. The zero-order valence-corrected chi connectivity index (χ0v) is 21.6. The highest BCUT2D eigenvalue weighted by Crippen LogP contribution is 2.30. The van der Waals surface area contributed by atoms with Crippen molar-refractivity contribution in [2.75, 3.05) is 49.5 Å². The lowest BCUT2D eigenvalue weighted by molar-refractivity contribution is 0.0698. The van der Waals surface area contributed by atoms with Crippen LogP contribution in [0.15, 0.2) is 66.7 Å². The van der Waals surface area contributed by atoms with Crippen molar-refractivity contribution in [2.24, 2.45) is 0 Å². The summed E-state index contributed by atoms with van der Waals surface area (Å²) < 4.78 is 5.98. The van der Waals surface area contributed by atoms with E-state index in [1.54, 1.807) is 12.1 Å². The van der Waals surface area contributed by atoms with E-state index in [1.165, 1.54) is 6.07 Å². The first kappa shape index (κ1) is 26.2. The number of anilines is 2. The quantitative estimate of drug-likeness (QED) is 0.351. The maximum Gasteiger partial charge on any atom is 0.337 e. The minimum Gasteiger partial charge on any atom is -0.493 e. The second-order valence-corrected chi connectivity index (χ2v) is 9.19. The minimum absolute atomic E-state index is 0.0355. The van der Waals surface area contributed by atoms with Gasteiger partial charge in [0.15, 0.2) is 0 Å². The van der Waals surface area contributed by atoms with Crippen molar-refractivity contribution < 1.29 is 19.4 Å². The maximum absolute atomic E-state index is 13.6. The molecule has 1 aliphatic heterocycles. The number of carbonyl (C=O) groups excluding carboxylic acids is 1. The first-order valence-corrected chi connectivity index (χ1v) is 13.0. The van der Waals surface area contributed by atoms with Crippen LogP contribution in [0.3, 0.4) is 0 Å². The summed E-state index contributed by atoms with van der Waals surface area (Å²) in [6.45, 7) is 9.50. The number of carboxylic acids is 1. The Labute approximate surface area is 218 Å². The summed E-state index contributed by atoms with van der Waals surface area (Å²) in [5.41, 5.74) is 3.40. The lowest BCUT2D eigenvalue weighted by atomic mass is 10.0. The van der Waals surface area contributed by atoms with Crippen LogP contribution in [0.4, 0.5) is 11.4 Å². The fraction of sp³-hybridized carbons (Fsp3) is 0.333. The molecular weight excluding hydrogens is 466 g/mol. The molecule has 1 heterocycles. The molecule has 2 N–H and O–H groups in total. The van der Waals surface area contributed by atoms with Crippen molar-refractivity contribution in [3.63, 3.8) is 0 Å². The van der Waals surface area contributed by atoms with Gasteiger partial charge in [-0.05, 0) is 54.4 Å². The van der Waals surface area contributed by atoms with Crippen molar-refractivity contribution in [3.05, 3.63) is 77.9 Å². The first-order chi connectivity index (χ1) is 18.0. The van der Waals surface area contributed by atoms with Crippen LogP contribution in [-0.2, 0) is 0 Å². The Morgan fingerprint density at radius 3 is 2.32 bits per heavy atom. The topological polar surface area (TPSA) is 82.1 Å². The molecule has 1 saturated heterocycles.